The van der Waals surface area contributed by atoms with Gasteiger partial charge in [-0.1, -0.05) is 26.2 Å². The summed E-state index contributed by atoms with van der Waals surface area (Å²) in [5.41, 5.74) is 0. The van der Waals surface area contributed by atoms with Crippen LogP contribution in [0.5, 0.6) is 0 Å². The zero-order chi connectivity index (χ0) is 11.4. The highest BCUT2D eigenvalue weighted by atomic mass is 16.2. The highest BCUT2D eigenvalue weighted by molar-refractivity contribution is 5.75. The molecule has 2 rings (SSSR count). The molecule has 3 heteroatoms. The Hall–Kier alpha value is -0.730. The molecule has 2 aliphatic rings. The zero-order valence-electron chi connectivity index (χ0n) is 10.4. The molecule has 0 atom stereocenters. The number of carbonyl (C=O) groups is 1. The molecule has 92 valence electrons. The zero-order valence-corrected chi connectivity index (χ0v) is 10.4. The first-order valence-corrected chi connectivity index (χ1v) is 6.89. The monoisotopic (exact) mass is 224 g/mol. The summed E-state index contributed by atoms with van der Waals surface area (Å²) in [4.78, 5) is 14.3. The number of carbonyl (C=O) groups excluding carboxylic acids is 1. The highest BCUT2D eigenvalue weighted by Gasteiger charge is 2.37. The molecule has 3 nitrogen and oxygen atoms in total. The Labute approximate surface area is 98.6 Å². The SMILES string of the molecule is CCCNC(=O)N(C1CCCCC1)C1CC1. The van der Waals surface area contributed by atoms with E-state index in [1.165, 1.54) is 44.9 Å². The van der Waals surface area contributed by atoms with Crippen LogP contribution in [0.15, 0.2) is 0 Å². The van der Waals surface area contributed by atoms with Crippen molar-refractivity contribution in [2.75, 3.05) is 6.54 Å². The second-order valence-corrected chi connectivity index (χ2v) is 5.16. The van der Waals surface area contributed by atoms with E-state index in [9.17, 15) is 4.79 Å². The van der Waals surface area contributed by atoms with Crippen molar-refractivity contribution in [2.45, 2.75) is 70.4 Å². The molecule has 0 radical (unpaired) electrons. The molecule has 16 heavy (non-hydrogen) atoms. The van der Waals surface area contributed by atoms with Gasteiger partial charge in [-0.3, -0.25) is 0 Å². The van der Waals surface area contributed by atoms with E-state index < -0.39 is 0 Å². The molecule has 2 aliphatic carbocycles. The van der Waals surface area contributed by atoms with E-state index in [1.54, 1.807) is 0 Å². The predicted octanol–water partition coefficient (Wildman–Crippen LogP) is 2.90. The first-order valence-electron chi connectivity index (χ1n) is 6.89. The van der Waals surface area contributed by atoms with Crippen LogP contribution in [0.4, 0.5) is 4.79 Å². The van der Waals surface area contributed by atoms with E-state index in [2.05, 4.69) is 17.1 Å². The molecular weight excluding hydrogens is 200 g/mol. The largest absolute Gasteiger partial charge is 0.338 e. The Bertz CT molecular complexity index is 232. The smallest absolute Gasteiger partial charge is 0.317 e. The molecule has 0 spiro atoms. The van der Waals surface area contributed by atoms with Gasteiger partial charge in [0.15, 0.2) is 0 Å². The number of nitrogens with one attached hydrogen (secondary N) is 1. The second-order valence-electron chi connectivity index (χ2n) is 5.16. The Kier molecular flexibility index (Phi) is 4.08. The first-order chi connectivity index (χ1) is 7.83. The lowest BCUT2D eigenvalue weighted by molar-refractivity contribution is 0.150. The molecular formula is C13H24N2O. The summed E-state index contributed by atoms with van der Waals surface area (Å²) in [6, 6.07) is 1.27. The maximum atomic E-state index is 12.1. The minimum absolute atomic E-state index is 0.191. The molecule has 0 heterocycles. The van der Waals surface area contributed by atoms with Gasteiger partial charge in [-0.25, -0.2) is 4.79 Å². The summed E-state index contributed by atoms with van der Waals surface area (Å²) in [6.07, 6.45) is 9.85. The van der Waals surface area contributed by atoms with Gasteiger partial charge in [0.2, 0.25) is 0 Å². The molecule has 2 amide bonds. The van der Waals surface area contributed by atoms with Gasteiger partial charge in [-0.2, -0.15) is 0 Å². The average Bonchev–Trinajstić information content (AvgIpc) is 3.12. The first kappa shape index (κ1) is 11.7. The second kappa shape index (κ2) is 5.55. The van der Waals surface area contributed by atoms with Gasteiger partial charge in [-0.15, -0.1) is 0 Å². The molecule has 0 aromatic heterocycles. The van der Waals surface area contributed by atoms with Gasteiger partial charge in [-0.05, 0) is 32.1 Å². The third-order valence-corrected chi connectivity index (χ3v) is 3.67. The fraction of sp³-hybridized carbons (Fsp3) is 0.923. The van der Waals surface area contributed by atoms with Gasteiger partial charge >= 0.3 is 6.03 Å². The Morgan fingerprint density at radius 2 is 1.75 bits per heavy atom. The van der Waals surface area contributed by atoms with Crippen molar-refractivity contribution in [1.29, 1.82) is 0 Å². The van der Waals surface area contributed by atoms with E-state index in [-0.39, 0.29) is 6.03 Å². The summed E-state index contributed by atoms with van der Waals surface area (Å²) in [6.45, 7) is 2.91. The van der Waals surface area contributed by atoms with Crippen LogP contribution in [0.3, 0.4) is 0 Å². The van der Waals surface area contributed by atoms with E-state index in [0.717, 1.165) is 13.0 Å². The number of hydrogen-bond acceptors (Lipinski definition) is 1. The number of rotatable bonds is 4. The lowest BCUT2D eigenvalue weighted by atomic mass is 9.94. The molecule has 0 bridgehead atoms. The molecule has 0 unspecified atom stereocenters. The molecule has 2 saturated carbocycles. The van der Waals surface area contributed by atoms with Crippen molar-refractivity contribution in [3.8, 4) is 0 Å². The van der Waals surface area contributed by atoms with Crippen LogP contribution in [0.2, 0.25) is 0 Å². The van der Waals surface area contributed by atoms with Crippen LogP contribution < -0.4 is 5.32 Å². The standard InChI is InChI=1S/C13H24N2O/c1-2-10-14-13(16)15(12-8-9-12)11-6-4-3-5-7-11/h11-12H,2-10H2,1H3,(H,14,16). The fourth-order valence-electron chi connectivity index (χ4n) is 2.66. The van der Waals surface area contributed by atoms with E-state index in [1.807, 2.05) is 0 Å². The summed E-state index contributed by atoms with van der Waals surface area (Å²) < 4.78 is 0. The van der Waals surface area contributed by atoms with Gasteiger partial charge < -0.3 is 10.2 Å². The van der Waals surface area contributed by atoms with Gasteiger partial charge in [0.1, 0.15) is 0 Å². The van der Waals surface area contributed by atoms with Crippen LogP contribution in [0.1, 0.15) is 58.3 Å². The van der Waals surface area contributed by atoms with Crippen molar-refractivity contribution in [3.63, 3.8) is 0 Å². The Balaban J connectivity index is 1.90. The number of nitrogens with zero attached hydrogens (tertiary/aromatic N) is 1. The van der Waals surface area contributed by atoms with Crippen LogP contribution >= 0.6 is 0 Å². The summed E-state index contributed by atoms with van der Waals surface area (Å²) in [5, 5.41) is 3.04. The van der Waals surface area contributed by atoms with E-state index in [0.29, 0.717) is 12.1 Å². The average molecular weight is 224 g/mol. The molecule has 2 fully saturated rings. The topological polar surface area (TPSA) is 32.3 Å². The maximum absolute atomic E-state index is 12.1. The van der Waals surface area contributed by atoms with Crippen LogP contribution in [-0.2, 0) is 0 Å². The number of amides is 2. The third kappa shape index (κ3) is 2.89. The van der Waals surface area contributed by atoms with Crippen molar-refractivity contribution >= 4 is 6.03 Å². The van der Waals surface area contributed by atoms with Crippen molar-refractivity contribution in [3.05, 3.63) is 0 Å². The fourth-order valence-corrected chi connectivity index (χ4v) is 2.66. The normalized spacial score (nSPS) is 21.8. The molecule has 0 aliphatic heterocycles. The van der Waals surface area contributed by atoms with Crippen molar-refractivity contribution in [2.24, 2.45) is 0 Å². The number of urea groups is 1. The Morgan fingerprint density at radius 1 is 1.12 bits per heavy atom. The predicted molar refractivity (Wildman–Crippen MR) is 65.4 cm³/mol. The minimum atomic E-state index is 0.191. The Morgan fingerprint density at radius 3 is 2.31 bits per heavy atom. The molecule has 0 saturated heterocycles. The van der Waals surface area contributed by atoms with Crippen LogP contribution in [0, 0.1) is 0 Å². The number of hydrogen-bond donors (Lipinski definition) is 1. The minimum Gasteiger partial charge on any atom is -0.338 e. The van der Waals surface area contributed by atoms with Crippen molar-refractivity contribution < 1.29 is 4.79 Å². The lowest BCUT2D eigenvalue weighted by Gasteiger charge is -2.34. The quantitative estimate of drug-likeness (QED) is 0.782. The molecule has 0 aromatic rings. The van der Waals surface area contributed by atoms with E-state index in [4.69, 9.17) is 0 Å². The summed E-state index contributed by atoms with van der Waals surface area (Å²) in [7, 11) is 0. The van der Waals surface area contributed by atoms with Crippen LogP contribution in [0.25, 0.3) is 0 Å². The van der Waals surface area contributed by atoms with Crippen LogP contribution in [-0.4, -0.2) is 29.6 Å². The maximum Gasteiger partial charge on any atom is 0.317 e. The van der Waals surface area contributed by atoms with Gasteiger partial charge in [0.25, 0.3) is 0 Å². The third-order valence-electron chi connectivity index (χ3n) is 3.67. The van der Waals surface area contributed by atoms with Crippen molar-refractivity contribution in [1.82, 2.24) is 10.2 Å². The molecule has 0 aromatic carbocycles. The summed E-state index contributed by atoms with van der Waals surface area (Å²) >= 11 is 0. The molecule has 1 N–H and O–H groups in total. The summed E-state index contributed by atoms with van der Waals surface area (Å²) in [5.74, 6) is 0. The van der Waals surface area contributed by atoms with Gasteiger partial charge in [0.05, 0.1) is 0 Å². The van der Waals surface area contributed by atoms with Gasteiger partial charge in [0, 0.05) is 18.6 Å². The highest BCUT2D eigenvalue weighted by Crippen LogP contribution is 2.33. The lowest BCUT2D eigenvalue weighted by Crippen LogP contribution is -2.48. The van der Waals surface area contributed by atoms with E-state index >= 15 is 0 Å².